The van der Waals surface area contributed by atoms with Gasteiger partial charge in [-0.25, -0.2) is 4.79 Å². The van der Waals surface area contributed by atoms with Crippen LogP contribution in [0.3, 0.4) is 0 Å². The first-order valence-corrected chi connectivity index (χ1v) is 9.90. The predicted molar refractivity (Wildman–Crippen MR) is 117 cm³/mol. The lowest BCUT2D eigenvalue weighted by atomic mass is 10.1. The molecule has 1 fully saturated rings. The van der Waals surface area contributed by atoms with Gasteiger partial charge in [0.1, 0.15) is 18.5 Å². The minimum Gasteiger partial charge on any atom is -0.491 e. The van der Waals surface area contributed by atoms with Crippen LogP contribution >= 0.6 is 12.4 Å². The summed E-state index contributed by atoms with van der Waals surface area (Å²) in [5.74, 6) is 0.0944. The smallest absolute Gasteiger partial charge is 0.416 e. The first kappa shape index (κ1) is 25.8. The number of carbonyl (C=O) groups excluding carboxylic acids is 1. The van der Waals surface area contributed by atoms with Crippen LogP contribution in [0.5, 0.6) is 5.75 Å². The number of piperazine rings is 1. The molecule has 1 atom stereocenters. The minimum absolute atomic E-state index is 0. The van der Waals surface area contributed by atoms with Crippen LogP contribution in [0.15, 0.2) is 48.5 Å². The topological polar surface area (TPSA) is 62.2 Å². The number of halogens is 4. The van der Waals surface area contributed by atoms with E-state index in [-0.39, 0.29) is 19.0 Å². The van der Waals surface area contributed by atoms with E-state index in [4.69, 9.17) is 4.74 Å². The Labute approximate surface area is 190 Å². The third-order valence-corrected chi connectivity index (χ3v) is 5.10. The summed E-state index contributed by atoms with van der Waals surface area (Å²) in [7, 11) is 1.31. The summed E-state index contributed by atoms with van der Waals surface area (Å²) < 4.78 is 49.0. The molecule has 3 rings (SSSR count). The predicted octanol–water partition coefficient (Wildman–Crippen LogP) is 3.48. The normalized spacial score (nSPS) is 15.6. The standard InChI is InChI=1S/C22H25F3N2O4.ClH/c1-30-21(29)16-5-7-20(8-6-16)31-15-19(28)14-26-9-11-27(12-10-26)18-4-2-3-17(13-18)22(23,24)25;/h2-8,13,19,28H,9-12,14-15H2,1H3;1H. The molecular weight excluding hydrogens is 449 g/mol. The Bertz CT molecular complexity index is 872. The number of methoxy groups -OCH3 is 1. The van der Waals surface area contributed by atoms with Gasteiger partial charge in [0.25, 0.3) is 0 Å². The number of nitrogens with zero attached hydrogens (tertiary/aromatic N) is 2. The van der Waals surface area contributed by atoms with Gasteiger partial charge in [-0.15, -0.1) is 12.4 Å². The molecule has 0 amide bonds. The Hall–Kier alpha value is -2.49. The van der Waals surface area contributed by atoms with Gasteiger partial charge in [0.2, 0.25) is 0 Å². The van der Waals surface area contributed by atoms with Crippen LogP contribution in [0, 0.1) is 0 Å². The molecule has 1 saturated heterocycles. The third-order valence-electron chi connectivity index (χ3n) is 5.10. The van der Waals surface area contributed by atoms with E-state index in [0.29, 0.717) is 49.7 Å². The highest BCUT2D eigenvalue weighted by Gasteiger charge is 2.31. The van der Waals surface area contributed by atoms with Crippen molar-refractivity contribution in [1.29, 1.82) is 0 Å². The fraction of sp³-hybridized carbons (Fsp3) is 0.409. The largest absolute Gasteiger partial charge is 0.491 e. The molecule has 176 valence electrons. The van der Waals surface area contributed by atoms with Crippen molar-refractivity contribution < 1.29 is 32.5 Å². The van der Waals surface area contributed by atoms with Crippen LogP contribution in [0.1, 0.15) is 15.9 Å². The average Bonchev–Trinajstić information content (AvgIpc) is 2.77. The number of aliphatic hydroxyl groups excluding tert-OH is 1. The quantitative estimate of drug-likeness (QED) is 0.620. The Balaban J connectivity index is 0.00000363. The van der Waals surface area contributed by atoms with Crippen LogP contribution in [0.4, 0.5) is 18.9 Å². The molecule has 0 spiro atoms. The van der Waals surface area contributed by atoms with Gasteiger partial charge in [-0.2, -0.15) is 13.2 Å². The molecule has 0 aromatic heterocycles. The zero-order chi connectivity index (χ0) is 22.4. The first-order chi connectivity index (χ1) is 14.8. The second kappa shape index (κ2) is 11.4. The van der Waals surface area contributed by atoms with E-state index in [9.17, 15) is 23.1 Å². The minimum atomic E-state index is -4.36. The summed E-state index contributed by atoms with van der Waals surface area (Å²) in [5, 5.41) is 10.3. The lowest BCUT2D eigenvalue weighted by molar-refractivity contribution is -0.137. The van der Waals surface area contributed by atoms with Gasteiger partial charge in [0.05, 0.1) is 18.2 Å². The Kier molecular flexibility index (Phi) is 9.18. The van der Waals surface area contributed by atoms with E-state index in [1.54, 1.807) is 30.3 Å². The molecule has 6 nitrogen and oxygen atoms in total. The molecule has 1 aliphatic heterocycles. The van der Waals surface area contributed by atoms with Crippen molar-refractivity contribution >= 4 is 24.1 Å². The molecule has 0 bridgehead atoms. The Morgan fingerprint density at radius 1 is 1.09 bits per heavy atom. The number of hydrogen-bond donors (Lipinski definition) is 1. The molecule has 0 saturated carbocycles. The highest BCUT2D eigenvalue weighted by atomic mass is 35.5. The third kappa shape index (κ3) is 7.01. The highest BCUT2D eigenvalue weighted by Crippen LogP contribution is 2.31. The lowest BCUT2D eigenvalue weighted by Crippen LogP contribution is -2.49. The van der Waals surface area contributed by atoms with Crippen LogP contribution < -0.4 is 9.64 Å². The van der Waals surface area contributed by atoms with Crippen molar-refractivity contribution in [2.45, 2.75) is 12.3 Å². The number of ether oxygens (including phenoxy) is 2. The number of alkyl halides is 3. The van der Waals surface area contributed by atoms with Gasteiger partial charge < -0.3 is 19.5 Å². The van der Waals surface area contributed by atoms with E-state index in [0.717, 1.165) is 6.07 Å². The lowest BCUT2D eigenvalue weighted by Gasteiger charge is -2.37. The Morgan fingerprint density at radius 3 is 2.34 bits per heavy atom. The van der Waals surface area contributed by atoms with Crippen LogP contribution in [-0.2, 0) is 10.9 Å². The molecule has 1 aliphatic rings. The first-order valence-electron chi connectivity index (χ1n) is 9.90. The molecule has 2 aromatic rings. The molecule has 2 aromatic carbocycles. The highest BCUT2D eigenvalue weighted by molar-refractivity contribution is 5.89. The number of aliphatic hydroxyl groups is 1. The van der Waals surface area contributed by atoms with Crippen molar-refractivity contribution in [2.24, 2.45) is 0 Å². The number of hydrogen-bond acceptors (Lipinski definition) is 6. The van der Waals surface area contributed by atoms with Gasteiger partial charge in [-0.1, -0.05) is 6.07 Å². The van der Waals surface area contributed by atoms with Crippen molar-refractivity contribution in [3.05, 3.63) is 59.7 Å². The maximum absolute atomic E-state index is 12.9. The van der Waals surface area contributed by atoms with Gasteiger partial charge in [0.15, 0.2) is 0 Å². The summed E-state index contributed by atoms with van der Waals surface area (Å²) in [5.41, 5.74) is 0.308. The van der Waals surface area contributed by atoms with Crippen LogP contribution in [0.2, 0.25) is 0 Å². The molecular formula is C22H26ClF3N2O4. The summed E-state index contributed by atoms with van der Waals surface area (Å²) in [6, 6.07) is 11.8. The van der Waals surface area contributed by atoms with Crippen molar-refractivity contribution in [3.8, 4) is 5.75 Å². The zero-order valence-electron chi connectivity index (χ0n) is 17.5. The molecule has 1 N–H and O–H groups in total. The van der Waals surface area contributed by atoms with Crippen molar-refractivity contribution in [2.75, 3.05) is 51.3 Å². The van der Waals surface area contributed by atoms with Crippen LogP contribution in [0.25, 0.3) is 0 Å². The van der Waals surface area contributed by atoms with E-state index < -0.39 is 23.8 Å². The number of carbonyl (C=O) groups is 1. The second-order valence-electron chi connectivity index (χ2n) is 7.32. The number of benzene rings is 2. The van der Waals surface area contributed by atoms with Crippen molar-refractivity contribution in [3.63, 3.8) is 0 Å². The van der Waals surface area contributed by atoms with E-state index in [2.05, 4.69) is 9.64 Å². The van der Waals surface area contributed by atoms with Gasteiger partial charge in [-0.3, -0.25) is 4.90 Å². The average molecular weight is 475 g/mol. The van der Waals surface area contributed by atoms with E-state index in [1.807, 2.05) is 4.90 Å². The fourth-order valence-electron chi connectivity index (χ4n) is 3.42. The van der Waals surface area contributed by atoms with Crippen molar-refractivity contribution in [1.82, 2.24) is 4.90 Å². The maximum Gasteiger partial charge on any atom is 0.416 e. The summed E-state index contributed by atoms with van der Waals surface area (Å²) in [4.78, 5) is 15.4. The molecule has 0 aliphatic carbocycles. The Morgan fingerprint density at radius 2 is 1.75 bits per heavy atom. The summed E-state index contributed by atoms with van der Waals surface area (Å²) >= 11 is 0. The maximum atomic E-state index is 12.9. The van der Waals surface area contributed by atoms with Crippen LogP contribution in [-0.4, -0.2) is 68.5 Å². The number of esters is 1. The summed E-state index contributed by atoms with van der Waals surface area (Å²) in [6.45, 7) is 2.89. The SMILES string of the molecule is COC(=O)c1ccc(OCC(O)CN2CCN(c3cccc(C(F)(F)F)c3)CC2)cc1.Cl. The molecule has 0 radical (unpaired) electrons. The number of β-amino-alcohol motifs (C(OH)–C–C–N with tert-alkyl or cyclic N) is 1. The van der Waals surface area contributed by atoms with Gasteiger partial charge in [-0.05, 0) is 42.5 Å². The molecule has 1 unspecified atom stereocenters. The number of anilines is 1. The molecule has 1 heterocycles. The zero-order valence-corrected chi connectivity index (χ0v) is 18.4. The fourth-order valence-corrected chi connectivity index (χ4v) is 3.42. The summed E-state index contributed by atoms with van der Waals surface area (Å²) in [6.07, 6.45) is -5.08. The van der Waals surface area contributed by atoms with Gasteiger partial charge >= 0.3 is 12.1 Å². The van der Waals surface area contributed by atoms with Gasteiger partial charge in [0, 0.05) is 38.4 Å². The van der Waals surface area contributed by atoms with E-state index >= 15 is 0 Å². The monoisotopic (exact) mass is 474 g/mol. The second-order valence-corrected chi connectivity index (χ2v) is 7.32. The molecule has 10 heteroatoms. The number of rotatable bonds is 7. The molecule has 32 heavy (non-hydrogen) atoms. The van der Waals surface area contributed by atoms with E-state index in [1.165, 1.54) is 19.2 Å².